The summed E-state index contributed by atoms with van der Waals surface area (Å²) in [7, 11) is 1.46. The third-order valence-corrected chi connectivity index (χ3v) is 3.38. The number of methoxy groups -OCH3 is 1. The fraction of sp³-hybridized carbons (Fsp3) is 0.500. The van der Waals surface area contributed by atoms with Gasteiger partial charge >= 0.3 is 0 Å². The number of piperidine rings is 1. The summed E-state index contributed by atoms with van der Waals surface area (Å²) in [5.74, 6) is -0.511. The highest BCUT2D eigenvalue weighted by atomic mass is 35.5. The van der Waals surface area contributed by atoms with Crippen molar-refractivity contribution in [1.29, 1.82) is 0 Å². The van der Waals surface area contributed by atoms with E-state index in [0.29, 0.717) is 11.8 Å². The molecule has 0 saturated carbocycles. The molecule has 112 valence electrons. The average molecular weight is 303 g/mol. The van der Waals surface area contributed by atoms with E-state index in [1.807, 2.05) is 0 Å². The SMILES string of the molecule is COc1ccc(C(=O)NC2CCNC(C)C2)c(F)c1.Cl. The summed E-state index contributed by atoms with van der Waals surface area (Å²) in [5, 5.41) is 6.19. The first-order valence-electron chi connectivity index (χ1n) is 6.48. The van der Waals surface area contributed by atoms with Crippen molar-refractivity contribution in [2.24, 2.45) is 0 Å². The van der Waals surface area contributed by atoms with Gasteiger partial charge in [0.1, 0.15) is 11.6 Å². The molecule has 2 atom stereocenters. The maximum Gasteiger partial charge on any atom is 0.254 e. The summed E-state index contributed by atoms with van der Waals surface area (Å²) in [5.41, 5.74) is 0.0620. The van der Waals surface area contributed by atoms with E-state index in [1.165, 1.54) is 19.2 Å². The summed E-state index contributed by atoms with van der Waals surface area (Å²) >= 11 is 0. The van der Waals surface area contributed by atoms with Gasteiger partial charge in [-0.1, -0.05) is 0 Å². The van der Waals surface area contributed by atoms with E-state index in [-0.39, 0.29) is 29.9 Å². The molecule has 0 aromatic heterocycles. The Morgan fingerprint density at radius 3 is 2.85 bits per heavy atom. The smallest absolute Gasteiger partial charge is 0.254 e. The Balaban J connectivity index is 0.00000200. The standard InChI is InChI=1S/C14H19FN2O2.ClH/c1-9-7-10(5-6-16-9)17-14(18)12-4-3-11(19-2)8-13(12)15;/h3-4,8-10,16H,5-7H2,1-2H3,(H,17,18);1H. The quantitative estimate of drug-likeness (QED) is 0.899. The molecule has 0 aliphatic carbocycles. The lowest BCUT2D eigenvalue weighted by Gasteiger charge is -2.28. The Hall–Kier alpha value is -1.33. The van der Waals surface area contributed by atoms with Gasteiger partial charge in [-0.15, -0.1) is 12.4 Å². The maximum absolute atomic E-state index is 13.8. The largest absolute Gasteiger partial charge is 0.497 e. The van der Waals surface area contributed by atoms with Gasteiger partial charge in [-0.25, -0.2) is 4.39 Å². The van der Waals surface area contributed by atoms with E-state index in [4.69, 9.17) is 4.74 Å². The van der Waals surface area contributed by atoms with E-state index < -0.39 is 5.82 Å². The number of carbonyl (C=O) groups excluding carboxylic acids is 1. The first-order valence-corrected chi connectivity index (χ1v) is 6.48. The zero-order chi connectivity index (χ0) is 13.8. The molecule has 6 heteroatoms. The Morgan fingerprint density at radius 2 is 2.25 bits per heavy atom. The van der Waals surface area contributed by atoms with E-state index in [2.05, 4.69) is 17.6 Å². The van der Waals surface area contributed by atoms with Gasteiger partial charge in [0.25, 0.3) is 5.91 Å². The average Bonchev–Trinajstić information content (AvgIpc) is 2.38. The predicted molar refractivity (Wildman–Crippen MR) is 78.2 cm³/mol. The molecule has 1 aliphatic rings. The van der Waals surface area contributed by atoms with Gasteiger partial charge in [-0.3, -0.25) is 4.79 Å². The topological polar surface area (TPSA) is 50.4 Å². The van der Waals surface area contributed by atoms with Crippen LogP contribution in [-0.4, -0.2) is 31.6 Å². The lowest BCUT2D eigenvalue weighted by Crippen LogP contribution is -2.46. The minimum atomic E-state index is -0.557. The fourth-order valence-electron chi connectivity index (χ4n) is 2.33. The molecule has 1 fully saturated rings. The minimum absolute atomic E-state index is 0. The number of rotatable bonds is 3. The van der Waals surface area contributed by atoms with Crippen molar-refractivity contribution in [2.45, 2.75) is 31.8 Å². The van der Waals surface area contributed by atoms with E-state index in [1.54, 1.807) is 6.07 Å². The molecule has 1 aliphatic heterocycles. The fourth-order valence-corrected chi connectivity index (χ4v) is 2.33. The molecule has 0 bridgehead atoms. The number of nitrogens with one attached hydrogen (secondary N) is 2. The number of amides is 1. The van der Waals surface area contributed by atoms with Gasteiger partial charge in [0.2, 0.25) is 0 Å². The van der Waals surface area contributed by atoms with Gasteiger partial charge in [0.15, 0.2) is 0 Å². The van der Waals surface area contributed by atoms with Crippen LogP contribution in [0.2, 0.25) is 0 Å². The van der Waals surface area contributed by atoms with Crippen molar-refractivity contribution in [1.82, 2.24) is 10.6 Å². The third kappa shape index (κ3) is 4.08. The van der Waals surface area contributed by atoms with Crippen molar-refractivity contribution < 1.29 is 13.9 Å². The lowest BCUT2D eigenvalue weighted by atomic mass is 10.00. The zero-order valence-electron chi connectivity index (χ0n) is 11.6. The first kappa shape index (κ1) is 16.7. The van der Waals surface area contributed by atoms with Crippen molar-refractivity contribution in [2.75, 3.05) is 13.7 Å². The molecule has 0 radical (unpaired) electrons. The van der Waals surface area contributed by atoms with Crippen molar-refractivity contribution >= 4 is 18.3 Å². The Kier molecular flexibility index (Phi) is 6.23. The molecule has 20 heavy (non-hydrogen) atoms. The molecule has 1 amide bonds. The molecule has 1 heterocycles. The lowest BCUT2D eigenvalue weighted by molar-refractivity contribution is 0.0921. The Bertz CT molecular complexity index is 470. The van der Waals surface area contributed by atoms with Gasteiger partial charge < -0.3 is 15.4 Å². The highest BCUT2D eigenvalue weighted by Crippen LogP contribution is 2.17. The van der Waals surface area contributed by atoms with Gasteiger partial charge in [0.05, 0.1) is 12.7 Å². The molecule has 1 saturated heterocycles. The van der Waals surface area contributed by atoms with Crippen molar-refractivity contribution in [3.05, 3.63) is 29.6 Å². The zero-order valence-corrected chi connectivity index (χ0v) is 12.4. The summed E-state index contributed by atoms with van der Waals surface area (Å²) in [6, 6.07) is 4.74. The van der Waals surface area contributed by atoms with Gasteiger partial charge in [-0.2, -0.15) is 0 Å². The molecule has 1 aromatic carbocycles. The molecule has 2 unspecified atom stereocenters. The highest BCUT2D eigenvalue weighted by Gasteiger charge is 2.21. The number of hydrogen-bond donors (Lipinski definition) is 2. The molecular weight excluding hydrogens is 283 g/mol. The maximum atomic E-state index is 13.8. The normalized spacial score (nSPS) is 21.8. The second-order valence-corrected chi connectivity index (χ2v) is 4.90. The summed E-state index contributed by atoms with van der Waals surface area (Å²) in [6.07, 6.45) is 1.73. The van der Waals surface area contributed by atoms with Crippen LogP contribution < -0.4 is 15.4 Å². The Labute approximate surface area is 124 Å². The Morgan fingerprint density at radius 1 is 1.50 bits per heavy atom. The number of hydrogen-bond acceptors (Lipinski definition) is 3. The van der Waals surface area contributed by atoms with E-state index in [0.717, 1.165) is 19.4 Å². The summed E-state index contributed by atoms with van der Waals surface area (Å²) in [4.78, 5) is 12.0. The van der Waals surface area contributed by atoms with Crippen molar-refractivity contribution in [3.63, 3.8) is 0 Å². The summed E-state index contributed by atoms with van der Waals surface area (Å²) in [6.45, 7) is 2.95. The predicted octanol–water partition coefficient (Wildman–Crippen LogP) is 2.13. The van der Waals surface area contributed by atoms with Crippen LogP contribution in [0.15, 0.2) is 18.2 Å². The van der Waals surface area contributed by atoms with Crippen LogP contribution in [0.5, 0.6) is 5.75 Å². The van der Waals surface area contributed by atoms with Crippen LogP contribution in [-0.2, 0) is 0 Å². The second kappa shape index (κ2) is 7.45. The monoisotopic (exact) mass is 302 g/mol. The van der Waals surface area contributed by atoms with Crippen LogP contribution >= 0.6 is 12.4 Å². The third-order valence-electron chi connectivity index (χ3n) is 3.38. The molecular formula is C14H20ClFN2O2. The molecule has 2 rings (SSSR count). The van der Waals surface area contributed by atoms with Gasteiger partial charge in [0, 0.05) is 18.2 Å². The molecule has 2 N–H and O–H groups in total. The van der Waals surface area contributed by atoms with Crippen molar-refractivity contribution in [3.8, 4) is 5.75 Å². The summed E-state index contributed by atoms with van der Waals surface area (Å²) < 4.78 is 18.7. The van der Waals surface area contributed by atoms with E-state index in [9.17, 15) is 9.18 Å². The number of carbonyl (C=O) groups is 1. The first-order chi connectivity index (χ1) is 9.10. The minimum Gasteiger partial charge on any atom is -0.497 e. The number of halogens is 2. The molecule has 4 nitrogen and oxygen atoms in total. The van der Waals surface area contributed by atoms with Crippen LogP contribution in [0.4, 0.5) is 4.39 Å². The molecule has 0 spiro atoms. The van der Waals surface area contributed by atoms with E-state index >= 15 is 0 Å². The highest BCUT2D eigenvalue weighted by molar-refractivity contribution is 5.94. The van der Waals surface area contributed by atoms with Gasteiger partial charge in [-0.05, 0) is 38.4 Å². The molecule has 1 aromatic rings. The van der Waals surface area contributed by atoms with Crippen LogP contribution in [0.1, 0.15) is 30.1 Å². The number of benzene rings is 1. The van der Waals surface area contributed by atoms with Crippen LogP contribution in [0, 0.1) is 5.82 Å². The van der Waals surface area contributed by atoms with Crippen LogP contribution in [0.3, 0.4) is 0 Å². The second-order valence-electron chi connectivity index (χ2n) is 4.90. The number of ether oxygens (including phenoxy) is 1. The van der Waals surface area contributed by atoms with Crippen LogP contribution in [0.25, 0.3) is 0 Å².